The Morgan fingerprint density at radius 3 is 1.29 bits per heavy atom. The van der Waals surface area contributed by atoms with E-state index in [0.29, 0.717) is 12.8 Å². The average Bonchev–Trinajstić information content (AvgIpc) is 3.59. The lowest BCUT2D eigenvalue weighted by Crippen LogP contribution is -2.66. The van der Waals surface area contributed by atoms with Crippen LogP contribution in [-0.4, -0.2) is 193 Å². The zero-order valence-corrected chi connectivity index (χ0v) is 50.0. The molecule has 0 aromatic heterocycles. The first-order valence-corrected chi connectivity index (χ1v) is 31.9. The molecule has 0 aromatic rings. The second-order valence-corrected chi connectivity index (χ2v) is 22.9. The molecule has 0 aromatic carbocycles. The molecule has 3 saturated heterocycles. The lowest BCUT2D eigenvalue weighted by atomic mass is 9.96. The van der Waals surface area contributed by atoms with E-state index >= 15 is 0 Å². The molecule has 0 aliphatic carbocycles. The molecule has 0 radical (unpaired) electrons. The highest BCUT2D eigenvalue weighted by atomic mass is 16.8. The number of carbonyl (C=O) groups is 1. The Morgan fingerprint density at radius 1 is 0.439 bits per heavy atom. The Bertz CT molecular complexity index is 1680. The number of nitrogens with one attached hydrogen (secondary N) is 1. The highest BCUT2D eigenvalue weighted by Gasteiger charge is 2.53. The van der Waals surface area contributed by atoms with Crippen molar-refractivity contribution < 1.29 is 89.4 Å². The van der Waals surface area contributed by atoms with Gasteiger partial charge >= 0.3 is 0 Å². The standard InChI is InChI=1S/C63H113NO18/c1-3-5-7-9-11-13-15-17-18-19-20-21-22-23-24-25-26-27-28-29-31-33-35-37-39-41-51(69)64-46(47(68)40-38-36-34-32-30-16-14-12-10-8-6-4-2)45-77-61-57(75)54(72)59(49(43-66)79-61)82-63-58(76)55(73)60(50(44-67)80-63)81-62-56(74)53(71)52(70)48(42-65)78-62/h15,17,19-20,30,32,38,40,46-50,52-63,65-68,70-76H,3-14,16,18,21-29,31,33-37,39,41-45H2,1-2H3,(H,64,69)/b17-15-,20-19-,32-30+,40-38+. The number of hydrogen-bond donors (Lipinski definition) is 12. The fourth-order valence-corrected chi connectivity index (χ4v) is 10.6. The summed E-state index contributed by atoms with van der Waals surface area (Å²) in [6.07, 6.45) is 25.3. The van der Waals surface area contributed by atoms with E-state index in [0.717, 1.165) is 44.9 Å². The van der Waals surface area contributed by atoms with Crippen LogP contribution in [-0.2, 0) is 33.2 Å². The summed E-state index contributed by atoms with van der Waals surface area (Å²) in [5, 5.41) is 120. The van der Waals surface area contributed by atoms with Crippen LogP contribution >= 0.6 is 0 Å². The minimum absolute atomic E-state index is 0.234. The van der Waals surface area contributed by atoms with E-state index in [1.165, 1.54) is 135 Å². The molecule has 3 aliphatic rings. The summed E-state index contributed by atoms with van der Waals surface area (Å²) in [6, 6.07) is -0.989. The van der Waals surface area contributed by atoms with Crippen molar-refractivity contribution >= 4 is 5.91 Å². The van der Waals surface area contributed by atoms with Crippen LogP contribution < -0.4 is 5.32 Å². The summed E-state index contributed by atoms with van der Waals surface area (Å²) in [6.45, 7) is 1.67. The minimum Gasteiger partial charge on any atom is -0.394 e. The fraction of sp³-hybridized carbons (Fsp3) is 0.857. The number of hydrogen-bond acceptors (Lipinski definition) is 18. The number of carbonyl (C=O) groups excluding carboxylic acids is 1. The molecule has 17 atom stereocenters. The molecule has 19 heteroatoms. The number of allylic oxidation sites excluding steroid dienone is 7. The number of aliphatic hydroxyl groups excluding tert-OH is 11. The Labute approximate surface area is 491 Å². The number of amides is 1. The van der Waals surface area contributed by atoms with Crippen LogP contribution in [0.5, 0.6) is 0 Å². The van der Waals surface area contributed by atoms with E-state index in [1.54, 1.807) is 6.08 Å². The molecule has 0 spiro atoms. The number of rotatable bonds is 47. The lowest BCUT2D eigenvalue weighted by molar-refractivity contribution is -0.379. The molecule has 12 N–H and O–H groups in total. The van der Waals surface area contributed by atoms with Crippen LogP contribution in [0.15, 0.2) is 48.6 Å². The maximum Gasteiger partial charge on any atom is 0.220 e. The Kier molecular flexibility index (Phi) is 41.5. The predicted octanol–water partition coefficient (Wildman–Crippen LogP) is 6.65. The third-order valence-electron chi connectivity index (χ3n) is 15.8. The highest BCUT2D eigenvalue weighted by molar-refractivity contribution is 5.76. The van der Waals surface area contributed by atoms with Crippen molar-refractivity contribution in [1.29, 1.82) is 0 Å². The molecule has 17 unspecified atom stereocenters. The molecule has 0 saturated carbocycles. The SMILES string of the molecule is CCCCCCC/C=C\C/C=C\CCCCCCCCCCCCCCCC(=O)NC(COC1OC(CO)C(OC2OC(CO)C(OC3OC(CO)C(O)C(O)C3O)C(O)C2O)C(O)C1O)C(O)/C=C/CC/C=C/CCCCCCCC. The van der Waals surface area contributed by atoms with Gasteiger partial charge < -0.3 is 89.9 Å². The third-order valence-corrected chi connectivity index (χ3v) is 15.8. The Balaban J connectivity index is 1.44. The molecule has 3 fully saturated rings. The first-order valence-electron chi connectivity index (χ1n) is 31.9. The monoisotopic (exact) mass is 1170 g/mol. The Morgan fingerprint density at radius 2 is 0.817 bits per heavy atom. The van der Waals surface area contributed by atoms with Gasteiger partial charge in [0.2, 0.25) is 5.91 Å². The van der Waals surface area contributed by atoms with Crippen molar-refractivity contribution in [3.63, 3.8) is 0 Å². The van der Waals surface area contributed by atoms with Crippen molar-refractivity contribution in [2.45, 2.75) is 317 Å². The topological polar surface area (TPSA) is 307 Å². The van der Waals surface area contributed by atoms with E-state index in [4.69, 9.17) is 28.4 Å². The van der Waals surface area contributed by atoms with Crippen LogP contribution in [0.2, 0.25) is 0 Å². The van der Waals surface area contributed by atoms with Crippen LogP contribution in [0.4, 0.5) is 0 Å². The minimum atomic E-state index is -1.98. The van der Waals surface area contributed by atoms with Gasteiger partial charge in [-0.25, -0.2) is 0 Å². The van der Waals surface area contributed by atoms with Gasteiger partial charge in [-0.15, -0.1) is 0 Å². The third kappa shape index (κ3) is 29.0. The zero-order chi connectivity index (χ0) is 59.7. The van der Waals surface area contributed by atoms with Crippen molar-refractivity contribution in [3.05, 3.63) is 48.6 Å². The molecule has 3 heterocycles. The molecule has 0 bridgehead atoms. The van der Waals surface area contributed by atoms with Gasteiger partial charge in [0.05, 0.1) is 38.6 Å². The van der Waals surface area contributed by atoms with E-state index in [-0.39, 0.29) is 18.9 Å². The van der Waals surface area contributed by atoms with Gasteiger partial charge in [-0.2, -0.15) is 0 Å². The summed E-state index contributed by atoms with van der Waals surface area (Å²) in [5.41, 5.74) is 0. The smallest absolute Gasteiger partial charge is 0.220 e. The van der Waals surface area contributed by atoms with E-state index in [1.807, 2.05) is 6.08 Å². The van der Waals surface area contributed by atoms with Gasteiger partial charge in [0.15, 0.2) is 18.9 Å². The van der Waals surface area contributed by atoms with Gasteiger partial charge in [0.25, 0.3) is 0 Å². The lowest BCUT2D eigenvalue weighted by Gasteiger charge is -2.48. The summed E-state index contributed by atoms with van der Waals surface area (Å²) in [4.78, 5) is 13.3. The molecule has 3 aliphatic heterocycles. The first-order chi connectivity index (χ1) is 39.8. The normalized spacial score (nSPS) is 29.9. The van der Waals surface area contributed by atoms with Crippen LogP contribution in [0.1, 0.15) is 213 Å². The van der Waals surface area contributed by atoms with Crippen LogP contribution in [0, 0.1) is 0 Å². The van der Waals surface area contributed by atoms with E-state index < -0.39 is 124 Å². The van der Waals surface area contributed by atoms with Crippen molar-refractivity contribution in [1.82, 2.24) is 5.32 Å². The second kappa shape index (κ2) is 46.0. The molecule has 1 amide bonds. The average molecular weight is 1170 g/mol. The molecule has 82 heavy (non-hydrogen) atoms. The van der Waals surface area contributed by atoms with Crippen LogP contribution in [0.3, 0.4) is 0 Å². The van der Waals surface area contributed by atoms with E-state index in [2.05, 4.69) is 55.6 Å². The number of ether oxygens (including phenoxy) is 6. The molecule has 478 valence electrons. The van der Waals surface area contributed by atoms with Gasteiger partial charge in [-0.1, -0.05) is 191 Å². The molecule has 3 rings (SSSR count). The molecular formula is C63H113NO18. The number of unbranched alkanes of at least 4 members (excludes halogenated alkanes) is 25. The van der Waals surface area contributed by atoms with Gasteiger partial charge in [-0.3, -0.25) is 4.79 Å². The van der Waals surface area contributed by atoms with E-state index in [9.17, 15) is 61.0 Å². The highest BCUT2D eigenvalue weighted by Crippen LogP contribution is 2.33. The largest absolute Gasteiger partial charge is 0.394 e. The van der Waals surface area contributed by atoms with Crippen molar-refractivity contribution in [3.8, 4) is 0 Å². The zero-order valence-electron chi connectivity index (χ0n) is 50.0. The van der Waals surface area contributed by atoms with Crippen molar-refractivity contribution in [2.24, 2.45) is 0 Å². The maximum atomic E-state index is 13.3. The van der Waals surface area contributed by atoms with Crippen molar-refractivity contribution in [2.75, 3.05) is 26.4 Å². The van der Waals surface area contributed by atoms with Crippen LogP contribution in [0.25, 0.3) is 0 Å². The predicted molar refractivity (Wildman–Crippen MR) is 314 cm³/mol. The number of aliphatic hydroxyl groups is 11. The Hall–Kier alpha value is -2.25. The fourth-order valence-electron chi connectivity index (χ4n) is 10.6. The van der Waals surface area contributed by atoms with Gasteiger partial charge in [0.1, 0.15) is 73.2 Å². The summed E-state index contributed by atoms with van der Waals surface area (Å²) in [7, 11) is 0. The first kappa shape index (κ1) is 74.0. The molecular weight excluding hydrogens is 1060 g/mol. The second-order valence-electron chi connectivity index (χ2n) is 22.9. The van der Waals surface area contributed by atoms with Gasteiger partial charge in [0, 0.05) is 6.42 Å². The quantitative estimate of drug-likeness (QED) is 0.0224. The summed E-state index contributed by atoms with van der Waals surface area (Å²) in [5.74, 6) is -0.288. The van der Waals surface area contributed by atoms with Gasteiger partial charge in [-0.05, 0) is 64.2 Å². The summed E-state index contributed by atoms with van der Waals surface area (Å²) < 4.78 is 34.2. The molecule has 19 nitrogen and oxygen atoms in total. The maximum absolute atomic E-state index is 13.3. The summed E-state index contributed by atoms with van der Waals surface area (Å²) >= 11 is 0.